The van der Waals surface area contributed by atoms with E-state index in [1.807, 2.05) is 49.4 Å². The van der Waals surface area contributed by atoms with E-state index < -0.39 is 5.97 Å². The summed E-state index contributed by atoms with van der Waals surface area (Å²) < 4.78 is 5.18. The molecule has 0 fully saturated rings. The molecule has 0 amide bonds. The molecule has 3 aromatic rings. The van der Waals surface area contributed by atoms with E-state index in [0.29, 0.717) is 29.1 Å². The van der Waals surface area contributed by atoms with Crippen LogP contribution < -0.4 is 11.1 Å². The monoisotopic (exact) mass is 335 g/mol. The lowest BCUT2D eigenvalue weighted by Crippen LogP contribution is -2.14. The van der Waals surface area contributed by atoms with E-state index in [9.17, 15) is 4.79 Å². The van der Waals surface area contributed by atoms with E-state index in [4.69, 9.17) is 10.5 Å². The first-order chi connectivity index (χ1) is 12.1. The van der Waals surface area contributed by atoms with Crippen molar-refractivity contribution in [1.29, 1.82) is 0 Å². The second kappa shape index (κ2) is 7.21. The maximum Gasteiger partial charge on any atom is 0.341 e. The van der Waals surface area contributed by atoms with Crippen LogP contribution in [0.3, 0.4) is 0 Å². The molecule has 2 aromatic carbocycles. The van der Waals surface area contributed by atoms with Gasteiger partial charge in [-0.25, -0.2) is 4.79 Å². The number of carbonyl (C=O) groups is 1. The number of nitrogens with zero attached hydrogens (tertiary/aromatic N) is 1. The highest BCUT2D eigenvalue weighted by molar-refractivity contribution is 6.07. The van der Waals surface area contributed by atoms with Gasteiger partial charge in [0.1, 0.15) is 5.56 Å². The minimum Gasteiger partial charge on any atom is -0.462 e. The van der Waals surface area contributed by atoms with Gasteiger partial charge in [0.2, 0.25) is 0 Å². The molecule has 5 nitrogen and oxygen atoms in total. The number of pyridine rings is 1. The number of esters is 1. The topological polar surface area (TPSA) is 77.2 Å². The lowest BCUT2D eigenvalue weighted by Gasteiger charge is -2.20. The lowest BCUT2D eigenvalue weighted by atomic mass is 10.0. The van der Waals surface area contributed by atoms with E-state index in [0.717, 1.165) is 10.9 Å². The molecule has 25 heavy (non-hydrogen) atoms. The summed E-state index contributed by atoms with van der Waals surface area (Å²) in [6.07, 6.45) is 1.52. The van der Waals surface area contributed by atoms with E-state index in [1.54, 1.807) is 13.0 Å². The molecular weight excluding hydrogens is 314 g/mol. The molecule has 3 N–H and O–H groups in total. The number of hydrogen-bond donors (Lipinski definition) is 2. The van der Waals surface area contributed by atoms with Gasteiger partial charge in [-0.3, -0.25) is 4.98 Å². The number of aromatic nitrogens is 1. The molecule has 0 bridgehead atoms. The van der Waals surface area contributed by atoms with Crippen molar-refractivity contribution < 1.29 is 9.53 Å². The molecule has 5 heteroatoms. The van der Waals surface area contributed by atoms with Crippen LogP contribution in [0, 0.1) is 0 Å². The van der Waals surface area contributed by atoms with Crippen LogP contribution in [-0.4, -0.2) is 17.6 Å². The maximum atomic E-state index is 12.4. The van der Waals surface area contributed by atoms with Gasteiger partial charge in [0.25, 0.3) is 0 Å². The predicted octanol–water partition coefficient (Wildman–Crippen LogP) is 4.17. The smallest absolute Gasteiger partial charge is 0.341 e. The summed E-state index contributed by atoms with van der Waals surface area (Å²) in [6, 6.07) is 15.6. The third-order valence-corrected chi connectivity index (χ3v) is 4.08. The van der Waals surface area contributed by atoms with E-state index >= 15 is 0 Å². The number of rotatable bonds is 5. The Hall–Kier alpha value is -3.08. The number of carbonyl (C=O) groups excluding carboxylic acids is 1. The summed E-state index contributed by atoms with van der Waals surface area (Å²) in [5, 5.41) is 4.24. The molecule has 0 spiro atoms. The first-order valence-electron chi connectivity index (χ1n) is 8.27. The molecule has 0 saturated heterocycles. The van der Waals surface area contributed by atoms with E-state index in [-0.39, 0.29) is 6.04 Å². The largest absolute Gasteiger partial charge is 0.462 e. The Bertz CT molecular complexity index is 894. The number of hydrogen-bond acceptors (Lipinski definition) is 5. The Morgan fingerprint density at radius 3 is 2.68 bits per heavy atom. The van der Waals surface area contributed by atoms with Gasteiger partial charge in [0.05, 0.1) is 23.5 Å². The zero-order valence-corrected chi connectivity index (χ0v) is 14.3. The number of fused-ring (bicyclic) bond motifs is 1. The molecule has 1 unspecified atom stereocenters. The minimum atomic E-state index is -0.401. The molecule has 0 saturated carbocycles. The molecular formula is C20H21N3O2. The molecule has 128 valence electrons. The van der Waals surface area contributed by atoms with Crippen LogP contribution in [0.25, 0.3) is 10.9 Å². The van der Waals surface area contributed by atoms with Crippen molar-refractivity contribution in [2.45, 2.75) is 19.9 Å². The second-order valence-electron chi connectivity index (χ2n) is 5.79. The molecule has 0 aliphatic rings. The van der Waals surface area contributed by atoms with Crippen molar-refractivity contribution in [3.8, 4) is 0 Å². The Labute approximate surface area is 146 Å². The van der Waals surface area contributed by atoms with Crippen LogP contribution in [0.1, 0.15) is 35.8 Å². The fraction of sp³-hybridized carbons (Fsp3) is 0.200. The fourth-order valence-corrected chi connectivity index (χ4v) is 2.81. The number of benzene rings is 2. The summed E-state index contributed by atoms with van der Waals surface area (Å²) in [7, 11) is 0. The van der Waals surface area contributed by atoms with Crippen LogP contribution in [0.5, 0.6) is 0 Å². The van der Waals surface area contributed by atoms with Crippen molar-refractivity contribution in [2.24, 2.45) is 0 Å². The average molecular weight is 335 g/mol. The zero-order chi connectivity index (χ0) is 17.8. The third-order valence-electron chi connectivity index (χ3n) is 4.08. The highest BCUT2D eigenvalue weighted by Gasteiger charge is 2.19. The summed E-state index contributed by atoms with van der Waals surface area (Å²) in [6.45, 7) is 4.13. The van der Waals surface area contributed by atoms with Gasteiger partial charge in [-0.2, -0.15) is 0 Å². The van der Waals surface area contributed by atoms with Gasteiger partial charge in [-0.15, -0.1) is 0 Å². The highest BCUT2D eigenvalue weighted by Crippen LogP contribution is 2.32. The van der Waals surface area contributed by atoms with Crippen molar-refractivity contribution >= 4 is 28.2 Å². The quantitative estimate of drug-likeness (QED) is 0.540. The van der Waals surface area contributed by atoms with Gasteiger partial charge < -0.3 is 15.8 Å². The Kier molecular flexibility index (Phi) is 4.84. The van der Waals surface area contributed by atoms with E-state index in [2.05, 4.69) is 10.3 Å². The number of nitrogen functional groups attached to an aromatic ring is 1. The van der Waals surface area contributed by atoms with Gasteiger partial charge in [-0.1, -0.05) is 42.5 Å². The van der Waals surface area contributed by atoms with Crippen molar-refractivity contribution in [1.82, 2.24) is 4.98 Å². The fourth-order valence-electron chi connectivity index (χ4n) is 2.81. The number of para-hydroxylation sites is 1. The minimum absolute atomic E-state index is 0.00130. The van der Waals surface area contributed by atoms with Crippen LogP contribution in [-0.2, 0) is 4.74 Å². The molecule has 0 aliphatic carbocycles. The molecule has 1 atom stereocenters. The standard InChI is InChI=1S/C20H21N3O2/c1-3-25-20(24)16-12-22-19-15(10-7-11-17(19)21)18(16)23-13(2)14-8-5-4-6-9-14/h4-13H,3,21H2,1-2H3,(H,22,23). The molecule has 0 radical (unpaired) electrons. The average Bonchev–Trinajstić information content (AvgIpc) is 2.63. The molecule has 1 aromatic heterocycles. The Morgan fingerprint density at radius 2 is 1.96 bits per heavy atom. The summed E-state index contributed by atoms with van der Waals surface area (Å²) in [4.78, 5) is 16.7. The molecule has 1 heterocycles. The molecule has 0 aliphatic heterocycles. The van der Waals surface area contributed by atoms with Crippen molar-refractivity contribution in [2.75, 3.05) is 17.7 Å². The first kappa shape index (κ1) is 16.8. The highest BCUT2D eigenvalue weighted by atomic mass is 16.5. The van der Waals surface area contributed by atoms with Crippen LogP contribution in [0.15, 0.2) is 54.7 Å². The van der Waals surface area contributed by atoms with Crippen molar-refractivity contribution in [3.63, 3.8) is 0 Å². The zero-order valence-electron chi connectivity index (χ0n) is 14.3. The number of anilines is 2. The Balaban J connectivity index is 2.10. The number of ether oxygens (including phenoxy) is 1. The third kappa shape index (κ3) is 3.40. The van der Waals surface area contributed by atoms with Gasteiger partial charge in [-0.05, 0) is 25.5 Å². The Morgan fingerprint density at radius 1 is 1.20 bits per heavy atom. The van der Waals surface area contributed by atoms with Crippen molar-refractivity contribution in [3.05, 3.63) is 65.9 Å². The van der Waals surface area contributed by atoms with Crippen LogP contribution in [0.4, 0.5) is 11.4 Å². The first-order valence-corrected chi connectivity index (χ1v) is 8.27. The number of nitrogens with two attached hydrogens (primary N) is 1. The summed E-state index contributed by atoms with van der Waals surface area (Å²) in [5.74, 6) is -0.401. The summed E-state index contributed by atoms with van der Waals surface area (Å²) >= 11 is 0. The predicted molar refractivity (Wildman–Crippen MR) is 101 cm³/mol. The van der Waals surface area contributed by atoms with Crippen LogP contribution in [0.2, 0.25) is 0 Å². The molecule has 3 rings (SSSR count). The normalized spacial score (nSPS) is 11.9. The number of nitrogens with one attached hydrogen (secondary N) is 1. The summed E-state index contributed by atoms with van der Waals surface area (Å²) in [5.41, 5.74) is 9.49. The second-order valence-corrected chi connectivity index (χ2v) is 5.79. The lowest BCUT2D eigenvalue weighted by molar-refractivity contribution is 0.0527. The maximum absolute atomic E-state index is 12.4. The SMILES string of the molecule is CCOC(=O)c1cnc2c(N)cccc2c1NC(C)c1ccccc1. The van der Waals surface area contributed by atoms with Gasteiger partial charge in [0.15, 0.2) is 0 Å². The van der Waals surface area contributed by atoms with Gasteiger partial charge in [0, 0.05) is 17.6 Å². The van der Waals surface area contributed by atoms with E-state index in [1.165, 1.54) is 6.20 Å². The van der Waals surface area contributed by atoms with Crippen LogP contribution >= 0.6 is 0 Å². The van der Waals surface area contributed by atoms with Gasteiger partial charge >= 0.3 is 5.97 Å².